The fraction of sp³-hybridized carbons (Fsp3) is 0.333. The number of rotatable bonds is 6. The molecule has 0 saturated heterocycles. The van der Waals surface area contributed by atoms with Gasteiger partial charge in [-0.1, -0.05) is 6.07 Å². The number of amides is 1. The molecule has 0 bridgehead atoms. The molecule has 20 heavy (non-hydrogen) atoms. The first kappa shape index (κ1) is 15.4. The third kappa shape index (κ3) is 3.67. The number of ether oxygens (including phenoxy) is 2. The summed E-state index contributed by atoms with van der Waals surface area (Å²) < 4.78 is 9.55. The quantitative estimate of drug-likeness (QED) is 0.471. The van der Waals surface area contributed by atoms with Gasteiger partial charge in [0.1, 0.15) is 6.54 Å². The third-order valence-corrected chi connectivity index (χ3v) is 2.35. The van der Waals surface area contributed by atoms with E-state index >= 15 is 0 Å². The summed E-state index contributed by atoms with van der Waals surface area (Å²) in [5.74, 6) is -1.40. The Bertz CT molecular complexity index is 529. The number of nitro groups is 1. The van der Waals surface area contributed by atoms with E-state index in [-0.39, 0.29) is 30.2 Å². The highest BCUT2D eigenvalue weighted by Gasteiger charge is 2.23. The molecule has 1 amide bonds. The average molecular weight is 282 g/mol. The van der Waals surface area contributed by atoms with Crippen molar-refractivity contribution in [3.63, 3.8) is 0 Å². The summed E-state index contributed by atoms with van der Waals surface area (Å²) >= 11 is 0. The average Bonchev–Trinajstić information content (AvgIpc) is 2.44. The Morgan fingerprint density at radius 3 is 2.65 bits per heavy atom. The van der Waals surface area contributed by atoms with Crippen LogP contribution in [0.15, 0.2) is 18.2 Å². The molecule has 0 aliphatic carbocycles. The topological polar surface area (TPSA) is 108 Å². The predicted octanol–water partition coefficient (Wildman–Crippen LogP) is 0.896. The molecule has 0 atom stereocenters. The molecule has 108 valence electrons. The van der Waals surface area contributed by atoms with E-state index in [2.05, 4.69) is 10.1 Å². The fourth-order valence-electron chi connectivity index (χ4n) is 1.46. The van der Waals surface area contributed by atoms with Crippen LogP contribution in [-0.4, -0.2) is 37.1 Å². The maximum Gasteiger partial charge on any atom is 0.325 e. The largest absolute Gasteiger partial charge is 0.487 e. The van der Waals surface area contributed by atoms with E-state index in [1.807, 2.05) is 0 Å². The van der Waals surface area contributed by atoms with Crippen LogP contribution in [0.1, 0.15) is 17.3 Å². The number of hydrogen-bond donors (Lipinski definition) is 1. The van der Waals surface area contributed by atoms with Crippen LogP contribution in [0, 0.1) is 10.1 Å². The van der Waals surface area contributed by atoms with Crippen molar-refractivity contribution in [2.45, 2.75) is 6.92 Å². The summed E-state index contributed by atoms with van der Waals surface area (Å²) in [6, 6.07) is 3.99. The van der Waals surface area contributed by atoms with Crippen molar-refractivity contribution in [1.29, 1.82) is 0 Å². The van der Waals surface area contributed by atoms with Crippen molar-refractivity contribution in [3.8, 4) is 5.75 Å². The predicted molar refractivity (Wildman–Crippen MR) is 68.6 cm³/mol. The molecule has 0 saturated carbocycles. The van der Waals surface area contributed by atoms with E-state index in [4.69, 9.17) is 4.74 Å². The summed E-state index contributed by atoms with van der Waals surface area (Å²) in [5.41, 5.74) is -0.317. The summed E-state index contributed by atoms with van der Waals surface area (Å²) in [6.07, 6.45) is 0. The molecule has 1 rings (SSSR count). The Kier molecular flexibility index (Phi) is 5.45. The lowest BCUT2D eigenvalue weighted by Crippen LogP contribution is -2.30. The van der Waals surface area contributed by atoms with Crippen LogP contribution in [-0.2, 0) is 9.53 Å². The number of benzene rings is 1. The molecular weight excluding hydrogens is 268 g/mol. The first-order valence-electron chi connectivity index (χ1n) is 5.76. The lowest BCUT2D eigenvalue weighted by molar-refractivity contribution is -0.385. The number of esters is 1. The molecule has 0 heterocycles. The monoisotopic (exact) mass is 282 g/mol. The van der Waals surface area contributed by atoms with Gasteiger partial charge < -0.3 is 14.8 Å². The standard InChI is InChI=1S/C12H14N2O6/c1-3-20-11-8(5-4-6-9(11)14(17)18)12(16)13-7-10(15)19-2/h4-6H,3,7H2,1-2H3,(H,13,16). The van der Waals surface area contributed by atoms with Crippen LogP contribution in [0.4, 0.5) is 5.69 Å². The van der Waals surface area contributed by atoms with Gasteiger partial charge in [-0.3, -0.25) is 19.7 Å². The van der Waals surface area contributed by atoms with Gasteiger partial charge in [-0.05, 0) is 13.0 Å². The molecule has 0 aliphatic heterocycles. The van der Waals surface area contributed by atoms with E-state index < -0.39 is 16.8 Å². The Labute approximate surface area is 114 Å². The van der Waals surface area contributed by atoms with Gasteiger partial charge in [0.15, 0.2) is 0 Å². The molecule has 0 fully saturated rings. The smallest absolute Gasteiger partial charge is 0.325 e. The van der Waals surface area contributed by atoms with E-state index in [1.54, 1.807) is 6.92 Å². The van der Waals surface area contributed by atoms with Gasteiger partial charge in [0.05, 0.1) is 24.2 Å². The summed E-state index contributed by atoms with van der Waals surface area (Å²) in [5, 5.41) is 13.2. The molecule has 1 N–H and O–H groups in total. The SMILES string of the molecule is CCOc1c(C(=O)NCC(=O)OC)cccc1[N+](=O)[O-]. The first-order valence-corrected chi connectivity index (χ1v) is 5.76. The number of para-hydroxylation sites is 1. The molecule has 1 aromatic rings. The number of carbonyl (C=O) groups is 2. The number of nitrogens with zero attached hydrogens (tertiary/aromatic N) is 1. The Morgan fingerprint density at radius 1 is 1.40 bits per heavy atom. The van der Waals surface area contributed by atoms with Gasteiger partial charge in [0.25, 0.3) is 5.91 Å². The van der Waals surface area contributed by atoms with Crippen molar-refractivity contribution >= 4 is 17.6 Å². The first-order chi connectivity index (χ1) is 9.51. The maximum atomic E-state index is 11.9. The van der Waals surface area contributed by atoms with E-state index in [1.165, 1.54) is 25.3 Å². The number of hydrogen-bond acceptors (Lipinski definition) is 6. The number of carbonyl (C=O) groups excluding carboxylic acids is 2. The second kappa shape index (κ2) is 7.07. The second-order valence-corrected chi connectivity index (χ2v) is 3.60. The van der Waals surface area contributed by atoms with Crippen LogP contribution in [0.3, 0.4) is 0 Å². The van der Waals surface area contributed by atoms with Gasteiger partial charge in [-0.2, -0.15) is 0 Å². The van der Waals surface area contributed by atoms with Gasteiger partial charge in [-0.15, -0.1) is 0 Å². The van der Waals surface area contributed by atoms with Crippen LogP contribution in [0.2, 0.25) is 0 Å². The fourth-order valence-corrected chi connectivity index (χ4v) is 1.46. The van der Waals surface area contributed by atoms with Crippen molar-refractivity contribution in [1.82, 2.24) is 5.32 Å². The van der Waals surface area contributed by atoms with E-state index in [0.29, 0.717) is 0 Å². The van der Waals surface area contributed by atoms with Crippen LogP contribution in [0.25, 0.3) is 0 Å². The minimum Gasteiger partial charge on any atom is -0.487 e. The maximum absolute atomic E-state index is 11.9. The van der Waals surface area contributed by atoms with E-state index in [9.17, 15) is 19.7 Å². The number of nitrogens with one attached hydrogen (secondary N) is 1. The Hall–Kier alpha value is -2.64. The van der Waals surface area contributed by atoms with Crippen molar-refractivity contribution in [2.75, 3.05) is 20.3 Å². The third-order valence-electron chi connectivity index (χ3n) is 2.35. The minimum atomic E-state index is -0.650. The van der Waals surface area contributed by atoms with Crippen molar-refractivity contribution < 1.29 is 24.0 Å². The van der Waals surface area contributed by atoms with Gasteiger partial charge in [0.2, 0.25) is 5.75 Å². The zero-order chi connectivity index (χ0) is 15.1. The molecule has 0 spiro atoms. The second-order valence-electron chi connectivity index (χ2n) is 3.60. The molecule has 0 aromatic heterocycles. The molecule has 8 nitrogen and oxygen atoms in total. The summed E-state index contributed by atoms with van der Waals surface area (Å²) in [4.78, 5) is 33.1. The highest BCUT2D eigenvalue weighted by molar-refractivity contribution is 5.99. The van der Waals surface area contributed by atoms with Crippen LogP contribution in [0.5, 0.6) is 5.75 Å². The highest BCUT2D eigenvalue weighted by Crippen LogP contribution is 2.30. The molecule has 1 aromatic carbocycles. The van der Waals surface area contributed by atoms with E-state index in [0.717, 1.165) is 0 Å². The van der Waals surface area contributed by atoms with Gasteiger partial charge in [0, 0.05) is 6.07 Å². The molecule has 0 unspecified atom stereocenters. The molecule has 8 heteroatoms. The van der Waals surface area contributed by atoms with Crippen molar-refractivity contribution in [2.24, 2.45) is 0 Å². The Balaban J connectivity index is 3.04. The summed E-state index contributed by atoms with van der Waals surface area (Å²) in [6.45, 7) is 1.48. The molecule has 0 aliphatic rings. The highest BCUT2D eigenvalue weighted by atomic mass is 16.6. The number of methoxy groups -OCH3 is 1. The Morgan fingerprint density at radius 2 is 2.10 bits per heavy atom. The zero-order valence-corrected chi connectivity index (χ0v) is 11.0. The zero-order valence-electron chi connectivity index (χ0n) is 11.0. The minimum absolute atomic E-state index is 0.00930. The molecule has 0 radical (unpaired) electrons. The molecular formula is C12H14N2O6. The number of nitro benzene ring substituents is 1. The van der Waals surface area contributed by atoms with Gasteiger partial charge >= 0.3 is 11.7 Å². The summed E-state index contributed by atoms with van der Waals surface area (Å²) in [7, 11) is 1.19. The normalized spacial score (nSPS) is 9.70. The van der Waals surface area contributed by atoms with Crippen LogP contribution < -0.4 is 10.1 Å². The van der Waals surface area contributed by atoms with Crippen LogP contribution >= 0.6 is 0 Å². The lowest BCUT2D eigenvalue weighted by Gasteiger charge is -2.10. The van der Waals surface area contributed by atoms with Gasteiger partial charge in [-0.25, -0.2) is 0 Å². The van der Waals surface area contributed by atoms with Crippen molar-refractivity contribution in [3.05, 3.63) is 33.9 Å². The lowest BCUT2D eigenvalue weighted by atomic mass is 10.1.